The van der Waals surface area contributed by atoms with Crippen LogP contribution in [0.2, 0.25) is 0 Å². The monoisotopic (exact) mass is 356 g/mol. The predicted octanol–water partition coefficient (Wildman–Crippen LogP) is 3.06. The lowest BCUT2D eigenvalue weighted by atomic mass is 10.1. The average molecular weight is 357 g/mol. The summed E-state index contributed by atoms with van der Waals surface area (Å²) in [6, 6.07) is 8.80. The molecule has 0 aliphatic rings. The summed E-state index contributed by atoms with van der Waals surface area (Å²) in [7, 11) is 4.05. The minimum Gasteiger partial charge on any atom is -0.356 e. The zero-order chi connectivity index (χ0) is 18.9. The molecule has 0 spiro atoms. The van der Waals surface area contributed by atoms with Gasteiger partial charge in [-0.3, -0.25) is 0 Å². The second-order valence-electron chi connectivity index (χ2n) is 6.67. The van der Waals surface area contributed by atoms with Crippen LogP contribution in [0.4, 0.5) is 0 Å². The van der Waals surface area contributed by atoms with E-state index in [2.05, 4.69) is 65.6 Å². The normalized spacial score (nSPS) is 11.7. The summed E-state index contributed by atoms with van der Waals surface area (Å²) in [6.07, 6.45) is 3.35. The molecule has 0 saturated carbocycles. The lowest BCUT2D eigenvalue weighted by Crippen LogP contribution is -2.39. The molecular formula is C20H32N6. The van der Waals surface area contributed by atoms with Gasteiger partial charge in [-0.05, 0) is 30.9 Å². The van der Waals surface area contributed by atoms with Crippen molar-refractivity contribution in [1.29, 1.82) is 0 Å². The molecule has 2 rings (SSSR count). The van der Waals surface area contributed by atoms with Gasteiger partial charge in [0.15, 0.2) is 11.8 Å². The number of hydrogen-bond acceptors (Lipinski definition) is 3. The lowest BCUT2D eigenvalue weighted by Gasteiger charge is -2.23. The maximum Gasteiger partial charge on any atom is 0.194 e. The molecule has 1 heterocycles. The van der Waals surface area contributed by atoms with Gasteiger partial charge in [0.05, 0.1) is 0 Å². The van der Waals surface area contributed by atoms with Crippen molar-refractivity contribution < 1.29 is 0 Å². The number of guanidine groups is 1. The van der Waals surface area contributed by atoms with E-state index < -0.39 is 0 Å². The van der Waals surface area contributed by atoms with Crippen LogP contribution in [0.25, 0.3) is 0 Å². The van der Waals surface area contributed by atoms with Gasteiger partial charge in [-0.1, -0.05) is 44.5 Å². The van der Waals surface area contributed by atoms with Crippen LogP contribution in [0.5, 0.6) is 0 Å². The van der Waals surface area contributed by atoms with Gasteiger partial charge in [-0.25, -0.2) is 4.99 Å². The Morgan fingerprint density at radius 1 is 1.15 bits per heavy atom. The molecule has 1 aromatic carbocycles. The second-order valence-corrected chi connectivity index (χ2v) is 6.67. The highest BCUT2D eigenvalue weighted by Crippen LogP contribution is 2.08. The maximum absolute atomic E-state index is 4.78. The van der Waals surface area contributed by atoms with E-state index >= 15 is 0 Å². The van der Waals surface area contributed by atoms with Crippen molar-refractivity contribution in [2.24, 2.45) is 12.0 Å². The third-order valence-corrected chi connectivity index (χ3v) is 4.58. The minimum absolute atomic E-state index is 0.519. The molecule has 0 atom stereocenters. The molecule has 1 aromatic heterocycles. The highest BCUT2D eigenvalue weighted by molar-refractivity contribution is 5.79. The minimum atomic E-state index is 0.519. The summed E-state index contributed by atoms with van der Waals surface area (Å²) in [4.78, 5) is 6.94. The third kappa shape index (κ3) is 5.58. The van der Waals surface area contributed by atoms with E-state index in [1.807, 2.05) is 18.5 Å². The number of aliphatic imine (C=N–C) groups is 1. The Hall–Kier alpha value is -2.37. The van der Waals surface area contributed by atoms with Gasteiger partial charge in [0.1, 0.15) is 12.4 Å². The van der Waals surface area contributed by atoms with Gasteiger partial charge in [0.2, 0.25) is 0 Å². The van der Waals surface area contributed by atoms with Crippen molar-refractivity contribution in [1.82, 2.24) is 25.0 Å². The molecule has 0 aliphatic carbocycles. The number of hydrogen-bond donors (Lipinski definition) is 1. The highest BCUT2D eigenvalue weighted by atomic mass is 15.3. The van der Waals surface area contributed by atoms with Crippen LogP contribution >= 0.6 is 0 Å². The first kappa shape index (κ1) is 19.9. The number of aromatic nitrogens is 3. The van der Waals surface area contributed by atoms with Crippen LogP contribution in [0.15, 0.2) is 29.3 Å². The molecule has 0 fully saturated rings. The van der Waals surface area contributed by atoms with Crippen LogP contribution in [0.1, 0.15) is 49.5 Å². The fourth-order valence-corrected chi connectivity index (χ4v) is 2.65. The molecule has 26 heavy (non-hydrogen) atoms. The molecule has 0 bridgehead atoms. The first-order valence-corrected chi connectivity index (χ1v) is 9.47. The predicted molar refractivity (Wildman–Crippen MR) is 107 cm³/mol. The second kappa shape index (κ2) is 9.94. The van der Waals surface area contributed by atoms with Crippen molar-refractivity contribution in [3.8, 4) is 0 Å². The number of unbranched alkanes of at least 4 members (excludes halogenated alkanes) is 1. The Morgan fingerprint density at radius 2 is 1.85 bits per heavy atom. The summed E-state index contributed by atoms with van der Waals surface area (Å²) in [5.41, 5.74) is 2.65. The van der Waals surface area contributed by atoms with Crippen LogP contribution in [-0.4, -0.2) is 39.2 Å². The van der Waals surface area contributed by atoms with E-state index in [-0.39, 0.29) is 0 Å². The van der Waals surface area contributed by atoms with E-state index in [1.165, 1.54) is 11.1 Å². The molecule has 142 valence electrons. The zero-order valence-electron chi connectivity index (χ0n) is 16.8. The van der Waals surface area contributed by atoms with Crippen molar-refractivity contribution in [2.45, 2.75) is 53.1 Å². The van der Waals surface area contributed by atoms with E-state index in [9.17, 15) is 0 Å². The summed E-state index contributed by atoms with van der Waals surface area (Å²) < 4.78 is 1.98. The number of rotatable bonds is 8. The topological polar surface area (TPSA) is 58.3 Å². The van der Waals surface area contributed by atoms with Gasteiger partial charge >= 0.3 is 0 Å². The van der Waals surface area contributed by atoms with Gasteiger partial charge in [0, 0.05) is 27.2 Å². The third-order valence-electron chi connectivity index (χ3n) is 4.58. The van der Waals surface area contributed by atoms with Crippen molar-refractivity contribution in [3.05, 3.63) is 47.0 Å². The maximum atomic E-state index is 4.78. The largest absolute Gasteiger partial charge is 0.356 e. The number of nitrogens with one attached hydrogen (secondary N) is 1. The first-order chi connectivity index (χ1) is 12.5. The molecular weight excluding hydrogens is 324 g/mol. The number of aryl methyl sites for hydroxylation is 2. The van der Waals surface area contributed by atoms with Gasteiger partial charge in [0.25, 0.3) is 0 Å². The fourth-order valence-electron chi connectivity index (χ4n) is 2.65. The van der Waals surface area contributed by atoms with E-state index in [0.717, 1.165) is 50.0 Å². The van der Waals surface area contributed by atoms with E-state index in [0.29, 0.717) is 6.54 Å². The highest BCUT2D eigenvalue weighted by Gasteiger charge is 2.09. The Balaban J connectivity index is 2.08. The van der Waals surface area contributed by atoms with E-state index in [1.54, 1.807) is 0 Å². The standard InChI is InChI=1S/C20H32N6/c1-6-8-13-21-20(22-14-19-24-23-16(3)26(19)5)25(4)15-18-11-9-17(7-2)10-12-18/h9-12H,6-8,13-15H2,1-5H3,(H,21,22). The SMILES string of the molecule is CCCCNC(=NCc1nnc(C)n1C)N(C)Cc1ccc(CC)cc1. The summed E-state index contributed by atoms with van der Waals surface area (Å²) in [6.45, 7) is 8.58. The molecule has 0 radical (unpaired) electrons. The van der Waals surface area contributed by atoms with Crippen LogP contribution in [0, 0.1) is 6.92 Å². The molecule has 2 aromatic rings. The Kier molecular flexibility index (Phi) is 7.63. The lowest BCUT2D eigenvalue weighted by molar-refractivity contribution is 0.472. The van der Waals surface area contributed by atoms with Crippen LogP contribution in [0.3, 0.4) is 0 Å². The van der Waals surface area contributed by atoms with Crippen molar-refractivity contribution in [3.63, 3.8) is 0 Å². The Labute approximate surface area is 157 Å². The molecule has 1 N–H and O–H groups in total. The first-order valence-electron chi connectivity index (χ1n) is 9.47. The summed E-state index contributed by atoms with van der Waals surface area (Å²) >= 11 is 0. The molecule has 6 heteroatoms. The smallest absolute Gasteiger partial charge is 0.194 e. The average Bonchev–Trinajstić information content (AvgIpc) is 2.97. The quantitative estimate of drug-likeness (QED) is 0.449. The molecule has 0 amide bonds. The van der Waals surface area contributed by atoms with Gasteiger partial charge in [-0.15, -0.1) is 10.2 Å². The van der Waals surface area contributed by atoms with Crippen molar-refractivity contribution in [2.75, 3.05) is 13.6 Å². The molecule has 6 nitrogen and oxygen atoms in total. The molecule has 0 saturated heterocycles. The van der Waals surface area contributed by atoms with Gasteiger partial charge < -0.3 is 14.8 Å². The summed E-state index contributed by atoms with van der Waals surface area (Å²) in [5, 5.41) is 11.8. The molecule has 0 aliphatic heterocycles. The van der Waals surface area contributed by atoms with E-state index in [4.69, 9.17) is 4.99 Å². The summed E-state index contributed by atoms with van der Waals surface area (Å²) in [5.74, 6) is 2.68. The fraction of sp³-hybridized carbons (Fsp3) is 0.550. The van der Waals surface area contributed by atoms with Crippen LogP contribution < -0.4 is 5.32 Å². The number of nitrogens with zero attached hydrogens (tertiary/aromatic N) is 5. The van der Waals surface area contributed by atoms with Gasteiger partial charge in [-0.2, -0.15) is 0 Å². The molecule has 0 unspecified atom stereocenters. The zero-order valence-corrected chi connectivity index (χ0v) is 16.8. The Bertz CT molecular complexity index is 702. The number of benzene rings is 1. The van der Waals surface area contributed by atoms with Crippen LogP contribution in [-0.2, 0) is 26.6 Å². The Morgan fingerprint density at radius 3 is 2.42 bits per heavy atom. The van der Waals surface area contributed by atoms with Crippen molar-refractivity contribution >= 4 is 5.96 Å².